The highest BCUT2D eigenvalue weighted by atomic mass is 79.9. The fraction of sp³-hybridized carbons (Fsp3) is 0.625. The van der Waals surface area contributed by atoms with Crippen molar-refractivity contribution in [3.63, 3.8) is 0 Å². The Balaban J connectivity index is 2.42. The smallest absolute Gasteiger partial charge is 0.408 e. The van der Waals surface area contributed by atoms with Crippen LogP contribution in [-0.2, 0) is 6.54 Å². The average Bonchev–Trinajstić information content (AvgIpc) is 2.50. The predicted octanol–water partition coefficient (Wildman–Crippen LogP) is 2.61. The molecule has 7 heteroatoms. The molecule has 15 heavy (non-hydrogen) atoms. The average molecular weight is 287 g/mol. The van der Waals surface area contributed by atoms with Gasteiger partial charge in [-0.05, 0) is 6.42 Å². The van der Waals surface area contributed by atoms with Crippen molar-refractivity contribution >= 4 is 15.9 Å². The zero-order valence-electron chi connectivity index (χ0n) is 7.80. The van der Waals surface area contributed by atoms with Crippen molar-refractivity contribution < 1.29 is 17.9 Å². The van der Waals surface area contributed by atoms with E-state index in [1.165, 1.54) is 12.4 Å². The maximum Gasteiger partial charge on any atom is 0.408 e. The van der Waals surface area contributed by atoms with Gasteiger partial charge >= 0.3 is 6.18 Å². The Morgan fingerprint density at radius 1 is 1.47 bits per heavy atom. The Kier molecular flexibility index (Phi) is 4.44. The van der Waals surface area contributed by atoms with Crippen LogP contribution in [0.25, 0.3) is 0 Å². The molecule has 0 saturated heterocycles. The Morgan fingerprint density at radius 3 is 2.80 bits per heavy atom. The van der Waals surface area contributed by atoms with Crippen LogP contribution in [-0.4, -0.2) is 27.9 Å². The second-order valence-corrected chi connectivity index (χ2v) is 3.67. The third-order valence-corrected chi connectivity index (χ3v) is 2.06. The standard InChI is InChI=1S/C8H10BrF3N2O/c9-2-1-3-15-7-4-13-14(5-7)6-8(10,11)12/h4-5H,1-3,6H2. The second-order valence-electron chi connectivity index (χ2n) is 2.88. The van der Waals surface area contributed by atoms with E-state index in [0.29, 0.717) is 12.4 Å². The zero-order chi connectivity index (χ0) is 11.3. The van der Waals surface area contributed by atoms with Gasteiger partial charge in [0.25, 0.3) is 0 Å². The van der Waals surface area contributed by atoms with Gasteiger partial charge in [0.15, 0.2) is 5.75 Å². The van der Waals surface area contributed by atoms with E-state index in [0.717, 1.165) is 16.4 Å². The zero-order valence-corrected chi connectivity index (χ0v) is 9.38. The molecule has 0 aliphatic carbocycles. The number of alkyl halides is 4. The van der Waals surface area contributed by atoms with Crippen molar-refractivity contribution in [1.82, 2.24) is 9.78 Å². The summed E-state index contributed by atoms with van der Waals surface area (Å²) in [6.07, 6.45) is -0.939. The highest BCUT2D eigenvalue weighted by Gasteiger charge is 2.28. The molecule has 0 bridgehead atoms. The van der Waals surface area contributed by atoms with Crippen LogP contribution in [0.2, 0.25) is 0 Å². The van der Waals surface area contributed by atoms with Crippen molar-refractivity contribution in [3.05, 3.63) is 12.4 Å². The number of hydrogen-bond acceptors (Lipinski definition) is 2. The highest BCUT2D eigenvalue weighted by molar-refractivity contribution is 9.09. The van der Waals surface area contributed by atoms with Gasteiger partial charge in [0, 0.05) is 5.33 Å². The summed E-state index contributed by atoms with van der Waals surface area (Å²) in [5, 5.41) is 4.34. The fourth-order valence-electron chi connectivity index (χ4n) is 0.934. The van der Waals surface area contributed by atoms with E-state index in [1.54, 1.807) is 0 Å². The normalized spacial score (nSPS) is 11.7. The SMILES string of the molecule is FC(F)(F)Cn1cc(OCCCBr)cn1. The first-order chi connectivity index (χ1) is 7.01. The Bertz CT molecular complexity index is 300. The lowest BCUT2D eigenvalue weighted by Crippen LogP contribution is -2.17. The van der Waals surface area contributed by atoms with E-state index < -0.39 is 12.7 Å². The molecule has 1 rings (SSSR count). The van der Waals surface area contributed by atoms with Crippen molar-refractivity contribution in [2.24, 2.45) is 0 Å². The molecule has 1 aromatic heterocycles. The Labute approximate surface area is 93.3 Å². The topological polar surface area (TPSA) is 27.1 Å². The molecule has 0 N–H and O–H groups in total. The minimum absolute atomic E-state index is 0.361. The lowest BCUT2D eigenvalue weighted by atomic mass is 10.5. The Hall–Kier alpha value is -0.720. The summed E-state index contributed by atoms with van der Waals surface area (Å²) in [6.45, 7) is -0.627. The molecule has 0 atom stereocenters. The monoisotopic (exact) mass is 286 g/mol. The summed E-state index contributed by atoms with van der Waals surface area (Å²) in [7, 11) is 0. The van der Waals surface area contributed by atoms with Crippen molar-refractivity contribution in [3.8, 4) is 5.75 Å². The van der Waals surface area contributed by atoms with Gasteiger partial charge in [0.05, 0.1) is 19.0 Å². The van der Waals surface area contributed by atoms with Gasteiger partial charge in [0.2, 0.25) is 0 Å². The molecule has 86 valence electrons. The molecule has 0 unspecified atom stereocenters. The first-order valence-corrected chi connectivity index (χ1v) is 5.41. The minimum Gasteiger partial charge on any atom is -0.490 e. The third kappa shape index (κ3) is 5.06. The molecule has 0 aliphatic rings. The van der Waals surface area contributed by atoms with Crippen LogP contribution in [0.5, 0.6) is 5.75 Å². The lowest BCUT2D eigenvalue weighted by Gasteiger charge is -2.05. The molecular formula is C8H10BrF3N2O. The molecule has 0 radical (unpaired) electrons. The third-order valence-electron chi connectivity index (χ3n) is 1.50. The van der Waals surface area contributed by atoms with E-state index in [2.05, 4.69) is 21.0 Å². The van der Waals surface area contributed by atoms with Gasteiger partial charge < -0.3 is 4.74 Å². The van der Waals surface area contributed by atoms with E-state index >= 15 is 0 Å². The van der Waals surface area contributed by atoms with E-state index in [-0.39, 0.29) is 0 Å². The molecule has 0 fully saturated rings. The van der Waals surface area contributed by atoms with E-state index in [4.69, 9.17) is 4.74 Å². The van der Waals surface area contributed by atoms with Gasteiger partial charge in [-0.2, -0.15) is 18.3 Å². The van der Waals surface area contributed by atoms with Crippen LogP contribution in [0.3, 0.4) is 0 Å². The van der Waals surface area contributed by atoms with Gasteiger partial charge in [-0.3, -0.25) is 4.68 Å². The van der Waals surface area contributed by atoms with Crippen LogP contribution in [0.4, 0.5) is 13.2 Å². The lowest BCUT2D eigenvalue weighted by molar-refractivity contribution is -0.142. The first-order valence-electron chi connectivity index (χ1n) is 4.29. The second kappa shape index (κ2) is 5.39. The van der Waals surface area contributed by atoms with Crippen molar-refractivity contribution in [2.45, 2.75) is 19.1 Å². The summed E-state index contributed by atoms with van der Waals surface area (Å²) in [4.78, 5) is 0. The Morgan fingerprint density at radius 2 is 2.20 bits per heavy atom. The molecule has 0 spiro atoms. The van der Waals surface area contributed by atoms with Crippen LogP contribution in [0.15, 0.2) is 12.4 Å². The van der Waals surface area contributed by atoms with Gasteiger partial charge in [0.1, 0.15) is 6.54 Å². The van der Waals surface area contributed by atoms with Gasteiger partial charge in [-0.25, -0.2) is 0 Å². The summed E-state index contributed by atoms with van der Waals surface area (Å²) >= 11 is 3.22. The van der Waals surface area contributed by atoms with Crippen molar-refractivity contribution in [2.75, 3.05) is 11.9 Å². The molecule has 3 nitrogen and oxygen atoms in total. The van der Waals surface area contributed by atoms with Crippen LogP contribution < -0.4 is 4.74 Å². The number of nitrogens with zero attached hydrogens (tertiary/aromatic N) is 2. The molecule has 0 aliphatic heterocycles. The number of halogens is 4. The molecule has 0 aromatic carbocycles. The molecular weight excluding hydrogens is 277 g/mol. The van der Waals surface area contributed by atoms with Crippen molar-refractivity contribution in [1.29, 1.82) is 0 Å². The number of rotatable bonds is 5. The van der Waals surface area contributed by atoms with Gasteiger partial charge in [-0.15, -0.1) is 0 Å². The van der Waals surface area contributed by atoms with E-state index in [9.17, 15) is 13.2 Å². The largest absolute Gasteiger partial charge is 0.490 e. The molecule has 0 amide bonds. The maximum atomic E-state index is 11.9. The molecule has 0 saturated carbocycles. The summed E-state index contributed by atoms with van der Waals surface area (Å²) in [5.41, 5.74) is 0. The highest BCUT2D eigenvalue weighted by Crippen LogP contribution is 2.18. The molecule has 1 aromatic rings. The number of ether oxygens (including phenoxy) is 1. The quantitative estimate of drug-likeness (QED) is 0.615. The van der Waals surface area contributed by atoms with Crippen LogP contribution >= 0.6 is 15.9 Å². The number of hydrogen-bond donors (Lipinski definition) is 0. The van der Waals surface area contributed by atoms with E-state index in [1.807, 2.05) is 0 Å². The fourth-order valence-corrected chi connectivity index (χ4v) is 1.16. The summed E-state index contributed by atoms with van der Waals surface area (Å²) in [6, 6.07) is 0. The maximum absolute atomic E-state index is 11.9. The first kappa shape index (κ1) is 12.4. The summed E-state index contributed by atoms with van der Waals surface area (Å²) in [5.74, 6) is 0.361. The van der Waals surface area contributed by atoms with Crippen LogP contribution in [0, 0.1) is 0 Å². The number of aromatic nitrogens is 2. The predicted molar refractivity (Wildman–Crippen MR) is 52.2 cm³/mol. The molecule has 1 heterocycles. The minimum atomic E-state index is -4.25. The van der Waals surface area contributed by atoms with Crippen LogP contribution in [0.1, 0.15) is 6.42 Å². The summed E-state index contributed by atoms with van der Waals surface area (Å²) < 4.78 is 41.8. The van der Waals surface area contributed by atoms with Gasteiger partial charge in [-0.1, -0.05) is 15.9 Å².